The molecule has 0 aliphatic rings. The molecule has 0 atom stereocenters. The van der Waals surface area contributed by atoms with Gasteiger partial charge in [0.05, 0.1) is 55.6 Å². The van der Waals surface area contributed by atoms with Crippen molar-refractivity contribution in [3.05, 3.63) is 297 Å². The molecule has 0 saturated heterocycles. The van der Waals surface area contributed by atoms with Gasteiger partial charge in [-0.05, 0) is 220 Å². The van der Waals surface area contributed by atoms with Gasteiger partial charge in [-0.25, -0.2) is 52.3 Å². The van der Waals surface area contributed by atoms with E-state index in [0.29, 0.717) is 23.9 Å². The first kappa shape index (κ1) is 96.4. The number of aromatic hydroxyl groups is 1. The number of aromatic nitrogens is 15. The van der Waals surface area contributed by atoms with Crippen LogP contribution in [-0.4, -0.2) is 162 Å². The number of phenols is 1. The molecule has 126 heavy (non-hydrogen) atoms. The number of esters is 2. The highest BCUT2D eigenvalue weighted by molar-refractivity contribution is 9.10. The molecule has 0 spiro atoms. The number of hydrogen-bond acceptors (Lipinski definition) is 22. The number of fused-ring (bicyclic) bond motifs is 5. The van der Waals surface area contributed by atoms with Crippen molar-refractivity contribution < 1.29 is 56.1 Å². The summed E-state index contributed by atoms with van der Waals surface area (Å²) in [5, 5.41) is 42.1. The van der Waals surface area contributed by atoms with E-state index in [-0.39, 0.29) is 37.7 Å². The van der Waals surface area contributed by atoms with Gasteiger partial charge < -0.3 is 33.9 Å². The topological polar surface area (TPSA) is 315 Å². The Balaban J connectivity index is 0.000000162. The molecular formula is C96H113Br2N15O12S. The van der Waals surface area contributed by atoms with E-state index < -0.39 is 16.1 Å². The molecular weight excluding hydrogens is 1750 g/mol. The third-order valence-corrected chi connectivity index (χ3v) is 22.1. The van der Waals surface area contributed by atoms with E-state index in [4.69, 9.17) is 64.7 Å². The molecule has 0 bridgehead atoms. The third kappa shape index (κ3) is 25.9. The van der Waals surface area contributed by atoms with Crippen LogP contribution >= 0.6 is 31.9 Å². The molecule has 5 aromatic carbocycles. The lowest BCUT2D eigenvalue weighted by atomic mass is 10.0. The SMILES string of the molecule is CCc1nn2c(C)cc(C)nc2c1Cc1ccc(Br)cc1.CCc1nn2c(C)cc(C)nc2c1Cc1ccc(O)cc1.CCc1nn2c(C)cc(C)nc2c1Cc1ccc(OCC(=O)OC)cc1.CCc1nn2c(C)cc(C)nc2c1Cc1ccc(OCCO)cc1.CCc1nn2c(C)cc(C)nc2c1Cc1ccc(OCCOS(C)(=O)=O)cc1.COC(=O)CBr. The standard InChI is InChI=1S/C20H25N3O4S.C20H23N3O3.C19H23N3O2.C17H18BrN3.C17H19N3O.C3H5BrO2/c1-5-19-18(20-21-14(2)12-15(3)23(20)22-19)13-16-6-8-17(9-7-16)26-10-11-27-28(4,24)25;1-5-18-17(20-21-13(2)10-14(3)23(20)22-18)11-15-6-8-16(9-7-15)26-12-19(24)25-4;1-4-18-17(19-20-13(2)11-14(3)22(19)21-18)12-15-5-7-16(8-6-15)24-10-9-23;1-4-16-15(10-13-5-7-14(18)8-6-13)17-19-11(2)9-12(3)21(17)20-16;1-4-16-15(10-13-5-7-14(21)8-6-13)17-18-11(2)9-12(3)20(17)19-16;1-6-3(5)2-4/h6-9,12H,5,10-11,13H2,1-4H3;6-10H,5,11-12H2,1-4H3;5-8,11,23H,4,9-10,12H2,1-3H3;5-9H,4,10H2,1-3H3;5-9,21H,4,10H2,1-3H3;2H2,1H3. The van der Waals surface area contributed by atoms with Gasteiger partial charge in [-0.3, -0.25) is 8.98 Å². The summed E-state index contributed by atoms with van der Waals surface area (Å²) in [6.45, 7) is 31.3. The number of nitrogens with zero attached hydrogens (tertiary/aromatic N) is 15. The highest BCUT2D eigenvalue weighted by Gasteiger charge is 2.22. The summed E-state index contributed by atoms with van der Waals surface area (Å²) < 4.78 is 62.4. The molecule has 0 amide bonds. The van der Waals surface area contributed by atoms with Crippen LogP contribution in [0.5, 0.6) is 23.0 Å². The van der Waals surface area contributed by atoms with Crippen molar-refractivity contribution in [2.24, 2.45) is 0 Å². The Labute approximate surface area is 753 Å². The highest BCUT2D eigenvalue weighted by atomic mass is 79.9. The van der Waals surface area contributed by atoms with Crippen LogP contribution in [0.4, 0.5) is 0 Å². The highest BCUT2D eigenvalue weighted by Crippen LogP contribution is 2.30. The van der Waals surface area contributed by atoms with E-state index in [2.05, 4.69) is 154 Å². The Kier molecular flexibility index (Phi) is 34.7. The maximum atomic E-state index is 11.2. The number of rotatable bonds is 27. The second-order valence-electron chi connectivity index (χ2n) is 30.4. The van der Waals surface area contributed by atoms with Gasteiger partial charge in [-0.15, -0.1) is 0 Å². The van der Waals surface area contributed by atoms with Crippen LogP contribution in [0.15, 0.2) is 156 Å². The monoisotopic (exact) mass is 1860 g/mol. The third-order valence-electron chi connectivity index (χ3n) is 20.5. The van der Waals surface area contributed by atoms with Crippen LogP contribution in [0.2, 0.25) is 0 Å². The van der Waals surface area contributed by atoms with E-state index in [9.17, 15) is 23.1 Å². The van der Waals surface area contributed by atoms with Crippen LogP contribution in [0.3, 0.4) is 0 Å². The number of phenolic OH excluding ortho intramolecular Hbond substituents is 1. The van der Waals surface area contributed by atoms with Gasteiger partial charge in [0, 0.05) is 121 Å². The molecule has 0 radical (unpaired) electrons. The maximum Gasteiger partial charge on any atom is 0.343 e. The summed E-state index contributed by atoms with van der Waals surface area (Å²) in [7, 11) is -0.747. The second-order valence-corrected chi connectivity index (χ2v) is 33.5. The molecule has 664 valence electrons. The Morgan fingerprint density at radius 2 is 0.627 bits per heavy atom. The van der Waals surface area contributed by atoms with Crippen molar-refractivity contribution in [1.82, 2.24) is 73.0 Å². The first-order chi connectivity index (χ1) is 60.4. The van der Waals surface area contributed by atoms with Crippen LogP contribution in [0, 0.1) is 69.2 Å². The Hall–Kier alpha value is -11.8. The van der Waals surface area contributed by atoms with Gasteiger partial charge in [0.15, 0.2) is 34.8 Å². The number of carbonyl (C=O) groups is 2. The molecule has 0 aliphatic heterocycles. The fourth-order valence-electron chi connectivity index (χ4n) is 14.5. The smallest absolute Gasteiger partial charge is 0.343 e. The Morgan fingerprint density at radius 1 is 0.373 bits per heavy atom. The Bertz CT molecular complexity index is 6190. The number of aliphatic hydroxyl groups excluding tert-OH is 1. The number of carbonyl (C=O) groups excluding carboxylic acids is 2. The van der Waals surface area contributed by atoms with Gasteiger partial charge in [-0.1, -0.05) is 127 Å². The minimum absolute atomic E-state index is 0.00673. The summed E-state index contributed by atoms with van der Waals surface area (Å²) in [5.74, 6) is 1.73. The van der Waals surface area contributed by atoms with Gasteiger partial charge in [0.1, 0.15) is 48.1 Å². The van der Waals surface area contributed by atoms with E-state index in [1.54, 1.807) is 12.1 Å². The molecule has 0 unspecified atom stereocenters. The number of hydrogen-bond donors (Lipinski definition) is 2. The fraction of sp³-hybridized carbons (Fsp3) is 0.354. The number of aliphatic hydroxyl groups is 1. The quantitative estimate of drug-likeness (QED) is 0.0209. The number of ether oxygens (including phenoxy) is 5. The van der Waals surface area contributed by atoms with Crippen molar-refractivity contribution in [2.45, 2.75) is 168 Å². The van der Waals surface area contributed by atoms with Gasteiger partial charge in [-0.2, -0.15) is 33.9 Å². The summed E-state index contributed by atoms with van der Waals surface area (Å²) in [5.41, 5.74) is 32.5. The average molecular weight is 1860 g/mol. The minimum Gasteiger partial charge on any atom is -0.508 e. The average Bonchev–Trinajstić information content (AvgIpc) is 1.67. The van der Waals surface area contributed by atoms with Gasteiger partial charge in [0.25, 0.3) is 10.1 Å². The first-order valence-electron chi connectivity index (χ1n) is 41.9. The number of benzene rings is 5. The molecule has 2 N–H and O–H groups in total. The molecule has 27 nitrogen and oxygen atoms in total. The lowest BCUT2D eigenvalue weighted by Gasteiger charge is -2.08. The molecule has 10 aromatic heterocycles. The predicted molar refractivity (Wildman–Crippen MR) is 497 cm³/mol. The zero-order chi connectivity index (χ0) is 91.1. The minimum atomic E-state index is -3.44. The molecule has 15 rings (SSSR count). The van der Waals surface area contributed by atoms with Crippen molar-refractivity contribution in [3.8, 4) is 23.0 Å². The Morgan fingerprint density at radius 3 is 0.865 bits per heavy atom. The van der Waals surface area contributed by atoms with E-state index in [1.165, 1.54) is 42.0 Å². The van der Waals surface area contributed by atoms with E-state index in [1.807, 2.05) is 162 Å². The molecule has 0 fully saturated rings. The summed E-state index contributed by atoms with van der Waals surface area (Å²) in [6.07, 6.45) is 9.35. The summed E-state index contributed by atoms with van der Waals surface area (Å²) >= 11 is 6.38. The zero-order valence-electron chi connectivity index (χ0n) is 75.1. The van der Waals surface area contributed by atoms with Crippen molar-refractivity contribution in [1.29, 1.82) is 0 Å². The van der Waals surface area contributed by atoms with Crippen LogP contribution < -0.4 is 14.2 Å². The molecule has 30 heteroatoms. The zero-order valence-corrected chi connectivity index (χ0v) is 79.1. The first-order valence-corrected chi connectivity index (χ1v) is 45.7. The number of alkyl halides is 1. The lowest BCUT2D eigenvalue weighted by molar-refractivity contribution is -0.143. The second kappa shape index (κ2) is 45.4. The number of methoxy groups -OCH3 is 2. The largest absolute Gasteiger partial charge is 0.508 e. The maximum absolute atomic E-state index is 11.2. The molecule has 15 aromatic rings. The summed E-state index contributed by atoms with van der Waals surface area (Å²) in [6, 6.07) is 49.5. The van der Waals surface area contributed by atoms with Crippen LogP contribution in [-0.2, 0) is 97.6 Å². The van der Waals surface area contributed by atoms with Crippen molar-refractivity contribution in [3.63, 3.8) is 0 Å². The van der Waals surface area contributed by atoms with Crippen molar-refractivity contribution in [2.75, 3.05) is 58.8 Å². The van der Waals surface area contributed by atoms with Crippen LogP contribution in [0.25, 0.3) is 28.2 Å². The van der Waals surface area contributed by atoms with Crippen LogP contribution in [0.1, 0.15) is 176 Å². The predicted octanol–water partition coefficient (Wildman–Crippen LogP) is 16.8. The van der Waals surface area contributed by atoms with E-state index in [0.717, 1.165) is 222 Å². The summed E-state index contributed by atoms with van der Waals surface area (Å²) in [4.78, 5) is 44.6. The molecule has 0 aliphatic carbocycles. The normalized spacial score (nSPS) is 11.1. The van der Waals surface area contributed by atoms with E-state index >= 15 is 0 Å². The van der Waals surface area contributed by atoms with Gasteiger partial charge >= 0.3 is 11.9 Å². The fourth-order valence-corrected chi connectivity index (χ4v) is 15.3. The number of halogens is 2. The lowest BCUT2D eigenvalue weighted by Crippen LogP contribution is -2.12. The van der Waals surface area contributed by atoms with Crippen molar-refractivity contribution >= 4 is 82.2 Å². The number of aryl methyl sites for hydroxylation is 15. The molecule has 10 heterocycles. The molecule has 0 saturated carbocycles. The van der Waals surface area contributed by atoms with Gasteiger partial charge in [0.2, 0.25) is 0 Å².